The fraction of sp³-hybridized carbons (Fsp3) is 0.269. The van der Waals surface area contributed by atoms with Crippen molar-refractivity contribution in [3.63, 3.8) is 0 Å². The van der Waals surface area contributed by atoms with E-state index >= 15 is 0 Å². The monoisotopic (exact) mass is 441 g/mol. The van der Waals surface area contributed by atoms with E-state index in [1.54, 1.807) is 0 Å². The number of aromatic nitrogens is 1. The van der Waals surface area contributed by atoms with Crippen LogP contribution in [0.1, 0.15) is 28.4 Å². The molecule has 0 saturated carbocycles. The number of thioether (sulfide) groups is 1. The quantitative estimate of drug-likeness (QED) is 0.593. The highest BCUT2D eigenvalue weighted by Crippen LogP contribution is 2.49. The number of fused-ring (bicyclic) bond motifs is 3. The fourth-order valence-corrected chi connectivity index (χ4v) is 6.32. The first-order valence-electron chi connectivity index (χ1n) is 11.0. The van der Waals surface area contributed by atoms with Gasteiger partial charge in [0, 0.05) is 44.5 Å². The normalized spacial score (nSPS) is 22.8. The minimum absolute atomic E-state index is 0.108. The van der Waals surface area contributed by atoms with Gasteiger partial charge < -0.3 is 15.1 Å². The third kappa shape index (κ3) is 3.09. The largest absolute Gasteiger partial charge is 0.365 e. The van der Waals surface area contributed by atoms with E-state index in [-0.39, 0.29) is 11.5 Å². The molecular weight excluding hydrogens is 414 g/mol. The molecule has 6 heteroatoms. The predicted molar refractivity (Wildman–Crippen MR) is 133 cm³/mol. The lowest BCUT2D eigenvalue weighted by Crippen LogP contribution is -2.34. The number of hydrogen-bond acceptors (Lipinski definition) is 6. The van der Waals surface area contributed by atoms with Gasteiger partial charge in [-0.3, -0.25) is 9.88 Å². The summed E-state index contributed by atoms with van der Waals surface area (Å²) in [6.45, 7) is 1.88. The summed E-state index contributed by atoms with van der Waals surface area (Å²) in [4.78, 5) is 11.8. The van der Waals surface area contributed by atoms with Crippen LogP contribution in [0.25, 0.3) is 10.8 Å². The third-order valence-corrected chi connectivity index (χ3v) is 8.23. The van der Waals surface area contributed by atoms with E-state index in [1.807, 2.05) is 18.0 Å². The highest BCUT2D eigenvalue weighted by molar-refractivity contribution is 8.03. The molecule has 2 unspecified atom stereocenters. The second kappa shape index (κ2) is 7.57. The summed E-state index contributed by atoms with van der Waals surface area (Å²) in [5.41, 5.74) is 6.23. The molecule has 3 aromatic rings. The van der Waals surface area contributed by atoms with Gasteiger partial charge in [-0.2, -0.15) is 0 Å². The predicted octanol–water partition coefficient (Wildman–Crippen LogP) is 5.14. The van der Waals surface area contributed by atoms with Crippen LogP contribution in [0.2, 0.25) is 0 Å². The zero-order chi connectivity index (χ0) is 21.8. The molecule has 32 heavy (non-hydrogen) atoms. The molecule has 0 saturated heterocycles. The number of benzene rings is 2. The van der Waals surface area contributed by atoms with Crippen molar-refractivity contribution in [2.75, 3.05) is 33.0 Å². The number of allylic oxidation sites excluding steroid dienone is 1. The molecule has 4 heterocycles. The van der Waals surface area contributed by atoms with Crippen LogP contribution in [0, 0.1) is 0 Å². The van der Waals surface area contributed by atoms with Crippen molar-refractivity contribution in [1.29, 1.82) is 0 Å². The Hall–Kier alpha value is -2.96. The van der Waals surface area contributed by atoms with Gasteiger partial charge in [0.2, 0.25) is 0 Å². The lowest BCUT2D eigenvalue weighted by molar-refractivity contribution is 0.250. The van der Waals surface area contributed by atoms with E-state index in [0.29, 0.717) is 0 Å². The lowest BCUT2D eigenvalue weighted by atomic mass is 9.99. The van der Waals surface area contributed by atoms with E-state index < -0.39 is 0 Å². The second-order valence-electron chi connectivity index (χ2n) is 8.85. The van der Waals surface area contributed by atoms with E-state index in [1.165, 1.54) is 38.3 Å². The molecule has 162 valence electrons. The molecule has 2 atom stereocenters. The summed E-state index contributed by atoms with van der Waals surface area (Å²) < 4.78 is 0. The van der Waals surface area contributed by atoms with E-state index in [2.05, 4.69) is 102 Å². The summed E-state index contributed by atoms with van der Waals surface area (Å²) in [5.74, 6) is 0. The van der Waals surface area contributed by atoms with Gasteiger partial charge in [-0.15, -0.1) is 0 Å². The van der Waals surface area contributed by atoms with Crippen LogP contribution in [-0.2, 0) is 6.54 Å². The Morgan fingerprint density at radius 3 is 2.81 bits per heavy atom. The van der Waals surface area contributed by atoms with Crippen LogP contribution in [0.5, 0.6) is 0 Å². The molecular formula is C26H27N5S. The summed E-state index contributed by atoms with van der Waals surface area (Å²) >= 11 is 1.89. The molecule has 0 aliphatic carbocycles. The average molecular weight is 442 g/mol. The van der Waals surface area contributed by atoms with Crippen LogP contribution in [0.15, 0.2) is 77.6 Å². The van der Waals surface area contributed by atoms with E-state index in [9.17, 15) is 0 Å². The van der Waals surface area contributed by atoms with Gasteiger partial charge in [-0.05, 0) is 41.8 Å². The van der Waals surface area contributed by atoms with Crippen LogP contribution in [0.3, 0.4) is 0 Å². The number of nitrogens with zero attached hydrogens (tertiary/aromatic N) is 4. The Labute approximate surface area is 193 Å². The number of hydrogen-bond donors (Lipinski definition) is 1. The number of pyridine rings is 1. The van der Waals surface area contributed by atoms with Crippen LogP contribution < -0.4 is 5.32 Å². The molecule has 2 aromatic carbocycles. The molecule has 6 rings (SSSR count). The van der Waals surface area contributed by atoms with Crippen molar-refractivity contribution in [2.24, 2.45) is 0 Å². The zero-order valence-corrected chi connectivity index (χ0v) is 19.4. The zero-order valence-electron chi connectivity index (χ0n) is 18.6. The maximum Gasteiger partial charge on any atom is 0.124 e. The molecule has 3 aliphatic heterocycles. The Bertz CT molecular complexity index is 1270. The van der Waals surface area contributed by atoms with Gasteiger partial charge >= 0.3 is 0 Å². The Morgan fingerprint density at radius 1 is 1.06 bits per heavy atom. The molecule has 0 spiro atoms. The van der Waals surface area contributed by atoms with Gasteiger partial charge in [0.15, 0.2) is 0 Å². The smallest absolute Gasteiger partial charge is 0.124 e. The van der Waals surface area contributed by atoms with Crippen LogP contribution in [-0.4, -0.2) is 47.4 Å². The summed E-state index contributed by atoms with van der Waals surface area (Å²) in [6.07, 6.45) is 6.54. The van der Waals surface area contributed by atoms with E-state index in [4.69, 9.17) is 4.98 Å². The van der Waals surface area contributed by atoms with Gasteiger partial charge in [-0.1, -0.05) is 54.2 Å². The number of rotatable bonds is 2. The third-order valence-electron chi connectivity index (χ3n) is 6.71. The van der Waals surface area contributed by atoms with Crippen molar-refractivity contribution in [2.45, 2.75) is 18.1 Å². The lowest BCUT2D eigenvalue weighted by Gasteiger charge is -2.37. The molecule has 0 radical (unpaired) electrons. The Morgan fingerprint density at radius 2 is 1.94 bits per heavy atom. The maximum atomic E-state index is 4.79. The van der Waals surface area contributed by atoms with Crippen molar-refractivity contribution >= 4 is 28.2 Å². The first-order chi connectivity index (χ1) is 15.6. The van der Waals surface area contributed by atoms with Crippen molar-refractivity contribution in [1.82, 2.24) is 19.7 Å². The molecule has 0 amide bonds. The number of nitrogens with one attached hydrogen (secondary N) is 1. The Balaban J connectivity index is 1.33. The summed E-state index contributed by atoms with van der Waals surface area (Å²) in [7, 11) is 6.52. The first kappa shape index (κ1) is 19.7. The topological polar surface area (TPSA) is 34.6 Å². The minimum atomic E-state index is 0.108. The van der Waals surface area contributed by atoms with Crippen LogP contribution in [0.4, 0.5) is 5.69 Å². The molecule has 1 aromatic heterocycles. The number of likely N-dealkylation sites (N-methyl/N-ethyl adjacent to an activating group) is 2. The van der Waals surface area contributed by atoms with Crippen molar-refractivity contribution in [3.05, 3.63) is 94.4 Å². The van der Waals surface area contributed by atoms with Gasteiger partial charge in [0.1, 0.15) is 11.5 Å². The Kier molecular flexibility index (Phi) is 4.66. The minimum Gasteiger partial charge on any atom is -0.365 e. The number of anilines is 1. The highest BCUT2D eigenvalue weighted by Gasteiger charge is 2.34. The first-order valence-corrected chi connectivity index (χ1v) is 11.9. The summed E-state index contributed by atoms with van der Waals surface area (Å²) in [5, 5.41) is 7.92. The van der Waals surface area contributed by atoms with Crippen molar-refractivity contribution in [3.8, 4) is 0 Å². The maximum absolute atomic E-state index is 4.79. The summed E-state index contributed by atoms with van der Waals surface area (Å²) in [6, 6.07) is 17.5. The average Bonchev–Trinajstić information content (AvgIpc) is 3.16. The van der Waals surface area contributed by atoms with Crippen molar-refractivity contribution < 1.29 is 0 Å². The van der Waals surface area contributed by atoms with Gasteiger partial charge in [-0.25, -0.2) is 0 Å². The molecule has 0 bridgehead atoms. The molecule has 0 fully saturated rings. The second-order valence-corrected chi connectivity index (χ2v) is 9.92. The standard InChI is InChI=1S/C26H27N5S/c1-29-14-6-9-22-26(29)32-25(31(22)3)21-15-18(12-13-27-21)24-28-23-19(16-30(24)2)11-10-17-7-4-5-8-20(17)23/h4-13,15,24-25,28H,14,16H2,1-3H3. The molecule has 1 N–H and O–H groups in total. The SMILES string of the molecule is CN1CC=CC2=C1SC(c1cc(C3Nc4c(ccc5ccccc45)CN3C)ccn1)N2C. The van der Waals surface area contributed by atoms with Gasteiger partial charge in [0.05, 0.1) is 16.4 Å². The molecule has 3 aliphatic rings. The molecule has 5 nitrogen and oxygen atoms in total. The fourth-order valence-electron chi connectivity index (χ4n) is 5.00. The highest BCUT2D eigenvalue weighted by atomic mass is 32.2. The van der Waals surface area contributed by atoms with E-state index in [0.717, 1.165) is 18.8 Å². The van der Waals surface area contributed by atoms with Gasteiger partial charge in [0.25, 0.3) is 0 Å². The van der Waals surface area contributed by atoms with Crippen LogP contribution >= 0.6 is 11.8 Å².